The maximum atomic E-state index is 11.6. The molecule has 0 bridgehead atoms. The van der Waals surface area contributed by atoms with Gasteiger partial charge in [-0.3, -0.25) is 4.79 Å². The quantitative estimate of drug-likeness (QED) is 0.688. The summed E-state index contributed by atoms with van der Waals surface area (Å²) in [7, 11) is 4.23. The summed E-state index contributed by atoms with van der Waals surface area (Å²) < 4.78 is 0. The molecule has 1 saturated heterocycles. The Hall–Kier alpha value is -0.0700. The van der Waals surface area contributed by atoms with Crippen LogP contribution in [0.1, 0.15) is 32.6 Å². The van der Waals surface area contributed by atoms with Crippen molar-refractivity contribution < 1.29 is 4.79 Å². The van der Waals surface area contributed by atoms with Crippen LogP contribution in [0.25, 0.3) is 0 Å². The fourth-order valence-corrected chi connectivity index (χ4v) is 2.46. The van der Waals surface area contributed by atoms with Crippen LogP contribution in [0, 0.1) is 5.92 Å². The zero-order chi connectivity index (χ0) is 15.0. The first-order chi connectivity index (χ1) is 9.47. The highest BCUT2D eigenvalue weighted by molar-refractivity contribution is 5.85. The third-order valence-corrected chi connectivity index (χ3v) is 3.99. The van der Waals surface area contributed by atoms with Crippen molar-refractivity contribution in [2.24, 2.45) is 11.7 Å². The highest BCUT2D eigenvalue weighted by atomic mass is 35.5. The van der Waals surface area contributed by atoms with Gasteiger partial charge in [-0.05, 0) is 59.3 Å². The van der Waals surface area contributed by atoms with Crippen LogP contribution in [0.2, 0.25) is 0 Å². The Balaban J connectivity index is 0. The average molecular weight is 357 g/mol. The average Bonchev–Trinajstić information content (AvgIpc) is 2.41. The molecule has 1 heterocycles. The summed E-state index contributed by atoms with van der Waals surface area (Å²) >= 11 is 0. The normalized spacial score (nSPS) is 17.5. The van der Waals surface area contributed by atoms with E-state index in [2.05, 4.69) is 29.2 Å². The SMILES string of the molecule is CC(N)CCC(=O)NCC1CCN(CCN(C)C)CC1.Cl.Cl. The van der Waals surface area contributed by atoms with Gasteiger partial charge in [0.05, 0.1) is 0 Å². The van der Waals surface area contributed by atoms with Crippen molar-refractivity contribution in [1.82, 2.24) is 15.1 Å². The minimum atomic E-state index is 0. The number of carbonyl (C=O) groups is 1. The number of hydrogen-bond donors (Lipinski definition) is 2. The third-order valence-electron chi connectivity index (χ3n) is 3.99. The Bertz CT molecular complexity index is 283. The van der Waals surface area contributed by atoms with Gasteiger partial charge in [0.2, 0.25) is 5.91 Å². The van der Waals surface area contributed by atoms with Crippen LogP contribution >= 0.6 is 24.8 Å². The molecule has 5 nitrogen and oxygen atoms in total. The zero-order valence-corrected chi connectivity index (χ0v) is 15.8. The number of likely N-dealkylation sites (N-methyl/N-ethyl adjacent to an activating group) is 1. The molecule has 0 aliphatic carbocycles. The molecule has 3 N–H and O–H groups in total. The van der Waals surface area contributed by atoms with E-state index >= 15 is 0 Å². The number of amides is 1. The number of rotatable bonds is 8. The molecule has 1 rings (SSSR count). The molecule has 134 valence electrons. The standard InChI is InChI=1S/C15H32N4O.2ClH/c1-13(16)4-5-15(20)17-12-14-6-8-19(9-7-14)11-10-18(2)3;;/h13-14H,4-12,16H2,1-3H3,(H,17,20);2*1H. The lowest BCUT2D eigenvalue weighted by Crippen LogP contribution is -2.41. The number of halogens is 2. The molecular formula is C15H34Cl2N4O. The first kappa shape index (κ1) is 24.2. The van der Waals surface area contributed by atoms with Crippen LogP contribution in [-0.4, -0.2) is 68.6 Å². The molecule has 0 radical (unpaired) electrons. The number of hydrogen-bond acceptors (Lipinski definition) is 4. The molecule has 1 aliphatic heterocycles. The maximum Gasteiger partial charge on any atom is 0.220 e. The first-order valence-electron chi connectivity index (χ1n) is 7.86. The predicted molar refractivity (Wildman–Crippen MR) is 98.1 cm³/mol. The largest absolute Gasteiger partial charge is 0.356 e. The van der Waals surface area contributed by atoms with E-state index in [0.29, 0.717) is 12.3 Å². The van der Waals surface area contributed by atoms with Crippen molar-refractivity contribution in [3.05, 3.63) is 0 Å². The molecule has 1 unspecified atom stereocenters. The van der Waals surface area contributed by atoms with Gasteiger partial charge in [-0.1, -0.05) is 0 Å². The third kappa shape index (κ3) is 11.5. The van der Waals surface area contributed by atoms with Crippen molar-refractivity contribution in [2.75, 3.05) is 46.8 Å². The minimum absolute atomic E-state index is 0. The van der Waals surface area contributed by atoms with E-state index in [1.54, 1.807) is 0 Å². The molecule has 1 fully saturated rings. The van der Waals surface area contributed by atoms with Gasteiger partial charge in [-0.2, -0.15) is 0 Å². The van der Waals surface area contributed by atoms with Crippen LogP contribution in [0.5, 0.6) is 0 Å². The highest BCUT2D eigenvalue weighted by Crippen LogP contribution is 2.16. The van der Waals surface area contributed by atoms with Crippen LogP contribution in [0.3, 0.4) is 0 Å². The van der Waals surface area contributed by atoms with Crippen molar-refractivity contribution in [3.63, 3.8) is 0 Å². The monoisotopic (exact) mass is 356 g/mol. The molecule has 0 aromatic rings. The Morgan fingerprint density at radius 1 is 1.32 bits per heavy atom. The van der Waals surface area contributed by atoms with Gasteiger partial charge in [-0.25, -0.2) is 0 Å². The summed E-state index contributed by atoms with van der Waals surface area (Å²) in [5.74, 6) is 0.794. The van der Waals surface area contributed by atoms with Crippen molar-refractivity contribution in [1.29, 1.82) is 0 Å². The van der Waals surface area contributed by atoms with Crippen LogP contribution in [0.4, 0.5) is 0 Å². The topological polar surface area (TPSA) is 61.6 Å². The van der Waals surface area contributed by atoms with Crippen LogP contribution in [0.15, 0.2) is 0 Å². The molecule has 1 aliphatic rings. The summed E-state index contributed by atoms with van der Waals surface area (Å²) in [5, 5.41) is 3.05. The molecule has 0 spiro atoms. The molecule has 0 saturated carbocycles. The molecule has 1 atom stereocenters. The Labute approximate surface area is 148 Å². The second kappa shape index (κ2) is 13.4. The summed E-state index contributed by atoms with van der Waals surface area (Å²) in [4.78, 5) is 16.4. The van der Waals surface area contributed by atoms with Gasteiger partial charge in [0.1, 0.15) is 0 Å². The van der Waals surface area contributed by atoms with E-state index in [1.807, 2.05) is 6.92 Å². The van der Waals surface area contributed by atoms with Crippen LogP contribution in [-0.2, 0) is 4.79 Å². The molecule has 0 aromatic carbocycles. The van der Waals surface area contributed by atoms with E-state index in [0.717, 1.165) is 39.1 Å². The van der Waals surface area contributed by atoms with Gasteiger partial charge < -0.3 is 20.9 Å². The molecule has 7 heteroatoms. The van der Waals surface area contributed by atoms with E-state index in [1.165, 1.54) is 12.8 Å². The maximum absolute atomic E-state index is 11.6. The van der Waals surface area contributed by atoms with Crippen molar-refractivity contribution in [2.45, 2.75) is 38.6 Å². The lowest BCUT2D eigenvalue weighted by Gasteiger charge is -2.32. The fourth-order valence-electron chi connectivity index (χ4n) is 2.46. The van der Waals surface area contributed by atoms with Gasteiger partial charge in [-0.15, -0.1) is 24.8 Å². The summed E-state index contributed by atoms with van der Waals surface area (Å²) in [5.41, 5.74) is 5.66. The molecule has 0 aromatic heterocycles. The Morgan fingerprint density at radius 3 is 2.41 bits per heavy atom. The van der Waals surface area contributed by atoms with Gasteiger partial charge >= 0.3 is 0 Å². The summed E-state index contributed by atoms with van der Waals surface area (Å²) in [6.45, 7) is 7.37. The number of nitrogens with zero attached hydrogens (tertiary/aromatic N) is 2. The Kier molecular flexibility index (Phi) is 14.7. The lowest BCUT2D eigenvalue weighted by atomic mass is 9.96. The minimum Gasteiger partial charge on any atom is -0.356 e. The molecule has 22 heavy (non-hydrogen) atoms. The number of piperidine rings is 1. The second-order valence-corrected chi connectivity index (χ2v) is 6.41. The smallest absolute Gasteiger partial charge is 0.220 e. The Morgan fingerprint density at radius 2 is 1.91 bits per heavy atom. The summed E-state index contributed by atoms with van der Waals surface area (Å²) in [6, 6.07) is 0.112. The van der Waals surface area contributed by atoms with E-state index in [-0.39, 0.29) is 36.8 Å². The van der Waals surface area contributed by atoms with Gasteiger partial charge in [0, 0.05) is 32.1 Å². The second-order valence-electron chi connectivity index (χ2n) is 6.41. The summed E-state index contributed by atoms with van der Waals surface area (Å²) in [6.07, 6.45) is 3.72. The molecular weight excluding hydrogens is 323 g/mol. The number of carbonyl (C=O) groups excluding carboxylic acids is 1. The number of likely N-dealkylation sites (tertiary alicyclic amines) is 1. The van der Waals surface area contributed by atoms with Gasteiger partial charge in [0.15, 0.2) is 0 Å². The van der Waals surface area contributed by atoms with Gasteiger partial charge in [0.25, 0.3) is 0 Å². The number of nitrogens with one attached hydrogen (secondary N) is 1. The van der Waals surface area contributed by atoms with Crippen LogP contribution < -0.4 is 11.1 Å². The molecule has 1 amide bonds. The van der Waals surface area contributed by atoms with E-state index < -0.39 is 0 Å². The van der Waals surface area contributed by atoms with E-state index in [9.17, 15) is 4.79 Å². The van der Waals surface area contributed by atoms with E-state index in [4.69, 9.17) is 5.73 Å². The first-order valence-corrected chi connectivity index (χ1v) is 7.86. The van der Waals surface area contributed by atoms with Crippen molar-refractivity contribution in [3.8, 4) is 0 Å². The zero-order valence-electron chi connectivity index (χ0n) is 14.2. The predicted octanol–water partition coefficient (Wildman–Crippen LogP) is 1.35. The number of nitrogens with two attached hydrogens (primary N) is 1. The van der Waals surface area contributed by atoms with Crippen molar-refractivity contribution >= 4 is 30.7 Å². The lowest BCUT2D eigenvalue weighted by molar-refractivity contribution is -0.121. The highest BCUT2D eigenvalue weighted by Gasteiger charge is 2.19. The fraction of sp³-hybridized carbons (Fsp3) is 0.933.